The molecule has 0 bridgehead atoms. The van der Waals surface area contributed by atoms with Crippen molar-refractivity contribution >= 4 is 27.0 Å². The van der Waals surface area contributed by atoms with E-state index in [1.54, 1.807) is 16.7 Å². The van der Waals surface area contributed by atoms with Gasteiger partial charge in [-0.2, -0.15) is 4.31 Å². The molecule has 32 heavy (non-hydrogen) atoms. The maximum Gasteiger partial charge on any atom is 0.341 e. The third-order valence-corrected chi connectivity index (χ3v) is 7.45. The molecule has 0 spiro atoms. The molecule has 1 aromatic heterocycles. The van der Waals surface area contributed by atoms with Gasteiger partial charge >= 0.3 is 5.97 Å². The summed E-state index contributed by atoms with van der Waals surface area (Å²) in [5.74, 6) is -2.34. The molecule has 10 heteroatoms. The Balaban J connectivity index is 1.59. The summed E-state index contributed by atoms with van der Waals surface area (Å²) in [5.41, 5.74) is 0.786. The smallest absolute Gasteiger partial charge is 0.341 e. The molecule has 4 rings (SSSR count). The van der Waals surface area contributed by atoms with Gasteiger partial charge in [0, 0.05) is 25.7 Å². The first-order valence-electron chi connectivity index (χ1n) is 10.4. The molecule has 1 fully saturated rings. The van der Waals surface area contributed by atoms with E-state index >= 15 is 0 Å². The van der Waals surface area contributed by atoms with Gasteiger partial charge in [-0.1, -0.05) is 6.42 Å². The SMILES string of the molecule is CCn1c(COC(=O)c2ccc(F)cc2F)nc2cc(S(=O)(=O)N3CCCCC3)ccc21. The second kappa shape index (κ2) is 8.95. The molecular formula is C22H23F2N3O4S. The first-order valence-corrected chi connectivity index (χ1v) is 11.9. The summed E-state index contributed by atoms with van der Waals surface area (Å²) >= 11 is 0. The van der Waals surface area contributed by atoms with Gasteiger partial charge in [0.2, 0.25) is 10.0 Å². The molecule has 0 aliphatic carbocycles. The minimum atomic E-state index is -3.61. The van der Waals surface area contributed by atoms with E-state index < -0.39 is 27.6 Å². The summed E-state index contributed by atoms with van der Waals surface area (Å²) in [6.45, 7) is 3.15. The third-order valence-electron chi connectivity index (χ3n) is 5.55. The summed E-state index contributed by atoms with van der Waals surface area (Å²) in [6.07, 6.45) is 2.71. The molecule has 1 aliphatic heterocycles. The van der Waals surface area contributed by atoms with Crippen LogP contribution in [0.5, 0.6) is 0 Å². The number of aryl methyl sites for hydroxylation is 1. The number of carbonyl (C=O) groups is 1. The average molecular weight is 464 g/mol. The Labute approximate surface area is 184 Å². The van der Waals surface area contributed by atoms with E-state index in [0.29, 0.717) is 42.6 Å². The lowest BCUT2D eigenvalue weighted by Gasteiger charge is -2.25. The zero-order chi connectivity index (χ0) is 22.9. The fourth-order valence-electron chi connectivity index (χ4n) is 3.90. The van der Waals surface area contributed by atoms with Crippen LogP contribution in [0, 0.1) is 11.6 Å². The summed E-state index contributed by atoms with van der Waals surface area (Å²) < 4.78 is 61.3. The van der Waals surface area contributed by atoms with Gasteiger partial charge in [-0.3, -0.25) is 0 Å². The molecule has 3 aromatic rings. The molecule has 0 saturated carbocycles. The molecule has 0 radical (unpaired) electrons. The number of piperidine rings is 1. The molecule has 170 valence electrons. The largest absolute Gasteiger partial charge is 0.454 e. The highest BCUT2D eigenvalue weighted by atomic mass is 32.2. The first kappa shape index (κ1) is 22.3. The van der Waals surface area contributed by atoms with Crippen LogP contribution in [-0.2, 0) is 27.9 Å². The van der Waals surface area contributed by atoms with E-state index in [2.05, 4.69) is 4.98 Å². The number of carbonyl (C=O) groups excluding carboxylic acids is 1. The van der Waals surface area contributed by atoms with Gasteiger partial charge in [0.25, 0.3) is 0 Å². The van der Waals surface area contributed by atoms with Crippen LogP contribution in [0.2, 0.25) is 0 Å². The molecule has 0 atom stereocenters. The first-order chi connectivity index (χ1) is 15.3. The second-order valence-corrected chi connectivity index (χ2v) is 9.53. The van der Waals surface area contributed by atoms with Gasteiger partial charge in [-0.05, 0) is 50.1 Å². The quantitative estimate of drug-likeness (QED) is 0.519. The lowest BCUT2D eigenvalue weighted by molar-refractivity contribution is 0.0453. The highest BCUT2D eigenvalue weighted by molar-refractivity contribution is 7.89. The Morgan fingerprint density at radius 3 is 2.53 bits per heavy atom. The van der Waals surface area contributed by atoms with Crippen molar-refractivity contribution in [3.8, 4) is 0 Å². The highest BCUT2D eigenvalue weighted by Crippen LogP contribution is 2.25. The van der Waals surface area contributed by atoms with Crippen LogP contribution in [0.15, 0.2) is 41.3 Å². The number of hydrogen-bond donors (Lipinski definition) is 0. The maximum absolute atomic E-state index is 13.8. The normalized spacial score (nSPS) is 15.2. The number of aromatic nitrogens is 2. The van der Waals surface area contributed by atoms with Crippen LogP contribution >= 0.6 is 0 Å². The summed E-state index contributed by atoms with van der Waals surface area (Å²) in [5, 5.41) is 0. The van der Waals surface area contributed by atoms with E-state index in [0.717, 1.165) is 31.4 Å². The van der Waals surface area contributed by atoms with Gasteiger partial charge in [0.15, 0.2) is 0 Å². The lowest BCUT2D eigenvalue weighted by atomic mass is 10.2. The monoisotopic (exact) mass is 463 g/mol. The van der Waals surface area contributed by atoms with Crippen LogP contribution in [0.25, 0.3) is 11.0 Å². The number of ether oxygens (including phenoxy) is 1. The Morgan fingerprint density at radius 2 is 1.84 bits per heavy atom. The van der Waals surface area contributed by atoms with Gasteiger partial charge in [0.1, 0.15) is 24.1 Å². The molecule has 7 nitrogen and oxygen atoms in total. The van der Waals surface area contributed by atoms with E-state index in [1.165, 1.54) is 10.4 Å². The van der Waals surface area contributed by atoms with Crippen molar-refractivity contribution in [3.05, 3.63) is 59.4 Å². The van der Waals surface area contributed by atoms with E-state index in [1.807, 2.05) is 6.92 Å². The molecule has 1 aliphatic rings. The van der Waals surface area contributed by atoms with Crippen molar-refractivity contribution in [2.75, 3.05) is 13.1 Å². The molecule has 1 saturated heterocycles. The number of sulfonamides is 1. The summed E-state index contributed by atoms with van der Waals surface area (Å²) in [4.78, 5) is 16.8. The van der Waals surface area contributed by atoms with Crippen molar-refractivity contribution < 1.29 is 26.7 Å². The van der Waals surface area contributed by atoms with Crippen molar-refractivity contribution in [1.29, 1.82) is 0 Å². The minimum absolute atomic E-state index is 0.171. The molecule has 0 N–H and O–H groups in total. The molecule has 0 amide bonds. The predicted octanol–water partition coefficient (Wildman–Crippen LogP) is 3.87. The van der Waals surface area contributed by atoms with Crippen molar-refractivity contribution in [2.24, 2.45) is 0 Å². The number of hydrogen-bond acceptors (Lipinski definition) is 5. The van der Waals surface area contributed by atoms with Crippen LogP contribution in [0.4, 0.5) is 8.78 Å². The summed E-state index contributed by atoms with van der Waals surface area (Å²) in [7, 11) is -3.61. The van der Waals surface area contributed by atoms with Crippen molar-refractivity contribution in [1.82, 2.24) is 13.9 Å². The second-order valence-electron chi connectivity index (χ2n) is 7.59. The number of halogens is 2. The van der Waals surface area contributed by atoms with Crippen molar-refractivity contribution in [2.45, 2.75) is 44.2 Å². The van der Waals surface area contributed by atoms with Gasteiger partial charge < -0.3 is 9.30 Å². The standard InChI is InChI=1S/C22H23F2N3O4S/c1-2-27-20-9-7-16(32(29,30)26-10-4-3-5-11-26)13-19(20)25-21(27)14-31-22(28)17-8-6-15(23)12-18(17)24/h6-9,12-13H,2-5,10-11,14H2,1H3. The fourth-order valence-corrected chi connectivity index (χ4v) is 5.44. The van der Waals surface area contributed by atoms with E-state index in [9.17, 15) is 22.0 Å². The molecule has 2 heterocycles. The predicted molar refractivity (Wildman–Crippen MR) is 113 cm³/mol. The number of rotatable bonds is 6. The van der Waals surface area contributed by atoms with Crippen LogP contribution in [0.1, 0.15) is 42.4 Å². The van der Waals surface area contributed by atoms with Gasteiger partial charge in [0.05, 0.1) is 21.5 Å². The topological polar surface area (TPSA) is 81.5 Å². The highest BCUT2D eigenvalue weighted by Gasteiger charge is 2.27. The van der Waals surface area contributed by atoms with Crippen LogP contribution < -0.4 is 0 Å². The minimum Gasteiger partial charge on any atom is -0.454 e. The third kappa shape index (κ3) is 4.24. The van der Waals surface area contributed by atoms with Gasteiger partial charge in [-0.15, -0.1) is 0 Å². The number of benzene rings is 2. The van der Waals surface area contributed by atoms with E-state index in [4.69, 9.17) is 4.74 Å². The number of esters is 1. The van der Waals surface area contributed by atoms with Crippen molar-refractivity contribution in [3.63, 3.8) is 0 Å². The number of nitrogens with zero attached hydrogens (tertiary/aromatic N) is 3. The fraction of sp³-hybridized carbons (Fsp3) is 0.364. The van der Waals surface area contributed by atoms with Gasteiger partial charge in [-0.25, -0.2) is 27.0 Å². The Bertz CT molecular complexity index is 1270. The Morgan fingerprint density at radius 1 is 1.09 bits per heavy atom. The Kier molecular flexibility index (Phi) is 6.25. The Hall–Kier alpha value is -2.85. The zero-order valence-corrected chi connectivity index (χ0v) is 18.4. The number of fused-ring (bicyclic) bond motifs is 1. The van der Waals surface area contributed by atoms with E-state index in [-0.39, 0.29) is 17.1 Å². The van der Waals surface area contributed by atoms with Crippen LogP contribution in [-0.4, -0.2) is 41.3 Å². The zero-order valence-electron chi connectivity index (χ0n) is 17.6. The lowest BCUT2D eigenvalue weighted by Crippen LogP contribution is -2.35. The average Bonchev–Trinajstić information content (AvgIpc) is 3.14. The maximum atomic E-state index is 13.8. The summed E-state index contributed by atoms with van der Waals surface area (Å²) in [6, 6.07) is 7.38. The van der Waals surface area contributed by atoms with Crippen LogP contribution in [0.3, 0.4) is 0 Å². The molecular weight excluding hydrogens is 440 g/mol. The molecule has 2 aromatic carbocycles. The number of imidazole rings is 1. The molecule has 0 unspecified atom stereocenters.